The summed E-state index contributed by atoms with van der Waals surface area (Å²) in [6, 6.07) is 9.91. The van der Waals surface area contributed by atoms with Gasteiger partial charge < -0.3 is 21.3 Å². The molecule has 1 aliphatic heterocycles. The highest BCUT2D eigenvalue weighted by Crippen LogP contribution is 2.31. The summed E-state index contributed by atoms with van der Waals surface area (Å²) in [5.74, 6) is -2.62. The summed E-state index contributed by atoms with van der Waals surface area (Å²) in [6.45, 7) is 1.65. The number of benzene rings is 2. The summed E-state index contributed by atoms with van der Waals surface area (Å²) in [7, 11) is 1.46. The highest BCUT2D eigenvalue weighted by molar-refractivity contribution is 6.03. The molecule has 1 aromatic heterocycles. The molecule has 0 saturated heterocycles. The number of anilines is 2. The van der Waals surface area contributed by atoms with E-state index in [1.54, 1.807) is 31.2 Å². The van der Waals surface area contributed by atoms with Crippen LogP contribution in [0.3, 0.4) is 0 Å². The molecule has 0 spiro atoms. The number of rotatable bonds is 7. The van der Waals surface area contributed by atoms with Gasteiger partial charge in [-0.2, -0.15) is 0 Å². The van der Waals surface area contributed by atoms with Crippen LogP contribution < -0.4 is 21.3 Å². The fourth-order valence-corrected chi connectivity index (χ4v) is 3.71. The van der Waals surface area contributed by atoms with Gasteiger partial charge >= 0.3 is 0 Å². The third-order valence-electron chi connectivity index (χ3n) is 5.57. The maximum atomic E-state index is 14.4. The molecule has 3 aromatic rings. The molecule has 9 nitrogen and oxygen atoms in total. The van der Waals surface area contributed by atoms with Crippen molar-refractivity contribution >= 4 is 29.7 Å². The summed E-state index contributed by atoms with van der Waals surface area (Å²) >= 11 is 0. The minimum atomic E-state index is -1.30. The number of nitrogens with one attached hydrogen (secondary N) is 4. The monoisotopic (exact) mass is 466 g/mol. The first kappa shape index (κ1) is 22.8. The predicted octanol–water partition coefficient (Wildman–Crippen LogP) is 2.12. The number of hydrogen-bond acceptors (Lipinski definition) is 6. The lowest BCUT2D eigenvalue weighted by molar-refractivity contribution is -0.129. The van der Waals surface area contributed by atoms with Crippen molar-refractivity contribution in [1.29, 1.82) is 0 Å². The first-order valence-corrected chi connectivity index (χ1v) is 10.2. The first-order chi connectivity index (χ1) is 16.3. The zero-order valence-electron chi connectivity index (χ0n) is 18.2. The van der Waals surface area contributed by atoms with Crippen LogP contribution in [0.15, 0.2) is 42.5 Å². The first-order valence-electron chi connectivity index (χ1n) is 10.2. The van der Waals surface area contributed by atoms with E-state index < -0.39 is 34.6 Å². The summed E-state index contributed by atoms with van der Waals surface area (Å²) < 4.78 is 28.7. The van der Waals surface area contributed by atoms with E-state index in [1.807, 2.05) is 0 Å². The number of nitrogens with zero attached hydrogens (tertiary/aromatic N) is 2. The summed E-state index contributed by atoms with van der Waals surface area (Å²) in [5, 5.41) is 10.6. The second kappa shape index (κ2) is 8.85. The van der Waals surface area contributed by atoms with Gasteiger partial charge in [0.25, 0.3) is 5.91 Å². The molecule has 1 atom stereocenters. The Kier molecular flexibility index (Phi) is 5.93. The van der Waals surface area contributed by atoms with Gasteiger partial charge in [-0.3, -0.25) is 14.4 Å². The molecule has 3 amide bonds. The van der Waals surface area contributed by atoms with Crippen molar-refractivity contribution in [3.8, 4) is 11.4 Å². The van der Waals surface area contributed by atoms with Crippen LogP contribution >= 0.6 is 0 Å². The molecule has 1 aliphatic rings. The van der Waals surface area contributed by atoms with E-state index in [0.29, 0.717) is 23.4 Å². The average Bonchev–Trinajstić information content (AvgIpc) is 3.20. The van der Waals surface area contributed by atoms with Gasteiger partial charge in [0, 0.05) is 12.7 Å². The van der Waals surface area contributed by atoms with Gasteiger partial charge in [0.05, 0.1) is 17.8 Å². The summed E-state index contributed by atoms with van der Waals surface area (Å²) in [4.78, 5) is 44.2. The minimum Gasteiger partial charge on any atom is -0.357 e. The van der Waals surface area contributed by atoms with Crippen molar-refractivity contribution in [2.75, 3.05) is 12.4 Å². The van der Waals surface area contributed by atoms with E-state index in [1.165, 1.54) is 13.1 Å². The molecular formula is C23H20F2N6O3. The van der Waals surface area contributed by atoms with Gasteiger partial charge in [-0.05, 0) is 36.8 Å². The van der Waals surface area contributed by atoms with Crippen LogP contribution in [-0.4, -0.2) is 35.2 Å². The van der Waals surface area contributed by atoms with Gasteiger partial charge in [-0.1, -0.05) is 18.2 Å². The number of carbonyl (C=O) groups excluding carboxylic acids is 3. The molecule has 0 saturated carbocycles. The second-order valence-corrected chi connectivity index (χ2v) is 7.67. The van der Waals surface area contributed by atoms with Crippen LogP contribution in [0.2, 0.25) is 0 Å². The van der Waals surface area contributed by atoms with Gasteiger partial charge in [-0.15, -0.1) is 0 Å². The second-order valence-electron chi connectivity index (χ2n) is 7.67. The quantitative estimate of drug-likeness (QED) is 0.396. The SMILES string of the molecule is CNC(=O)[C@](C)(NC=O)c1ccc(Nc2nc(-c3c(F)cccc3F)nc3c2C(=O)NC3)cc1. The number of fused-ring (bicyclic) bond motifs is 1. The van der Waals surface area contributed by atoms with E-state index in [4.69, 9.17) is 0 Å². The number of carbonyl (C=O) groups is 3. The molecule has 0 bridgehead atoms. The molecule has 0 aliphatic carbocycles. The number of aromatic nitrogens is 2. The summed E-state index contributed by atoms with van der Waals surface area (Å²) in [6.07, 6.45) is 0.438. The van der Waals surface area contributed by atoms with Crippen molar-refractivity contribution in [1.82, 2.24) is 25.9 Å². The molecule has 2 heterocycles. The van der Waals surface area contributed by atoms with E-state index in [0.717, 1.165) is 12.1 Å². The highest BCUT2D eigenvalue weighted by Gasteiger charge is 2.34. The van der Waals surface area contributed by atoms with Crippen molar-refractivity contribution in [3.05, 3.63) is 70.9 Å². The standard InChI is InChI=1S/C23H20F2N6O3/c1-23(28-11-32,22(34)26-2)12-6-8-13(9-7-12)29-20-18-16(10-27-21(18)33)30-19(31-20)17-14(24)4-3-5-15(17)25/h3-9,11H,10H2,1-2H3,(H,26,34)(H,27,33)(H,28,32)(H,29,30,31)/t23-/m1/s1. The normalized spacial score (nSPS) is 13.9. The lowest BCUT2D eigenvalue weighted by atomic mass is 9.91. The van der Waals surface area contributed by atoms with E-state index in [9.17, 15) is 23.2 Å². The van der Waals surface area contributed by atoms with Crippen LogP contribution in [0.25, 0.3) is 11.4 Å². The molecule has 4 rings (SSSR count). The Morgan fingerprint density at radius 1 is 1.09 bits per heavy atom. The predicted molar refractivity (Wildman–Crippen MR) is 119 cm³/mol. The number of likely N-dealkylation sites (N-methyl/N-ethyl adjacent to an activating group) is 1. The average molecular weight is 466 g/mol. The van der Waals surface area contributed by atoms with Crippen molar-refractivity contribution in [2.24, 2.45) is 0 Å². The fraction of sp³-hybridized carbons (Fsp3) is 0.174. The van der Waals surface area contributed by atoms with Gasteiger partial charge in [0.2, 0.25) is 12.3 Å². The molecule has 174 valence electrons. The highest BCUT2D eigenvalue weighted by atomic mass is 19.1. The van der Waals surface area contributed by atoms with Crippen LogP contribution in [0.4, 0.5) is 20.3 Å². The molecule has 0 radical (unpaired) electrons. The van der Waals surface area contributed by atoms with E-state index in [-0.39, 0.29) is 23.8 Å². The molecule has 4 N–H and O–H groups in total. The summed E-state index contributed by atoms with van der Waals surface area (Å²) in [5.41, 5.74) is -0.245. The Morgan fingerprint density at radius 3 is 2.38 bits per heavy atom. The third-order valence-corrected chi connectivity index (χ3v) is 5.57. The van der Waals surface area contributed by atoms with Crippen LogP contribution in [0.5, 0.6) is 0 Å². The Bertz CT molecular complexity index is 1280. The smallest absolute Gasteiger partial charge is 0.257 e. The van der Waals surface area contributed by atoms with Gasteiger partial charge in [0.15, 0.2) is 5.82 Å². The third kappa shape index (κ3) is 3.91. The largest absolute Gasteiger partial charge is 0.357 e. The molecule has 0 unspecified atom stereocenters. The number of amides is 3. The van der Waals surface area contributed by atoms with E-state index >= 15 is 0 Å². The maximum Gasteiger partial charge on any atom is 0.257 e. The van der Waals surface area contributed by atoms with Gasteiger partial charge in [0.1, 0.15) is 28.6 Å². The zero-order chi connectivity index (χ0) is 24.5. The molecule has 0 fully saturated rings. The Morgan fingerprint density at radius 2 is 1.76 bits per heavy atom. The topological polar surface area (TPSA) is 125 Å². The zero-order valence-corrected chi connectivity index (χ0v) is 18.2. The van der Waals surface area contributed by atoms with Crippen LogP contribution in [-0.2, 0) is 21.7 Å². The lowest BCUT2D eigenvalue weighted by Crippen LogP contribution is -2.50. The van der Waals surface area contributed by atoms with Crippen molar-refractivity contribution < 1.29 is 23.2 Å². The van der Waals surface area contributed by atoms with Crippen molar-refractivity contribution in [2.45, 2.75) is 19.0 Å². The minimum absolute atomic E-state index is 0.0745. The Hall–Kier alpha value is -4.41. The van der Waals surface area contributed by atoms with Crippen LogP contribution in [0, 0.1) is 11.6 Å². The lowest BCUT2D eigenvalue weighted by Gasteiger charge is -2.27. The Labute approximate surface area is 193 Å². The number of hydrogen-bond donors (Lipinski definition) is 4. The molecule has 34 heavy (non-hydrogen) atoms. The number of halogens is 2. The van der Waals surface area contributed by atoms with Crippen molar-refractivity contribution in [3.63, 3.8) is 0 Å². The van der Waals surface area contributed by atoms with E-state index in [2.05, 4.69) is 31.2 Å². The van der Waals surface area contributed by atoms with Gasteiger partial charge in [-0.25, -0.2) is 18.7 Å². The molecule has 11 heteroatoms. The molecular weight excluding hydrogens is 446 g/mol. The maximum absolute atomic E-state index is 14.4. The fourth-order valence-electron chi connectivity index (χ4n) is 3.71. The molecule has 2 aromatic carbocycles. The Balaban J connectivity index is 1.73. The van der Waals surface area contributed by atoms with Crippen LogP contribution in [0.1, 0.15) is 28.5 Å².